The summed E-state index contributed by atoms with van der Waals surface area (Å²) < 4.78 is 28.3. The molecule has 0 aliphatic rings. The van der Waals surface area contributed by atoms with Crippen molar-refractivity contribution in [3.63, 3.8) is 0 Å². The molecule has 5 heteroatoms. The largest absolute Gasteiger partial charge is 0.268 e. The lowest BCUT2D eigenvalue weighted by molar-refractivity contribution is 0.589. The fourth-order valence-electron chi connectivity index (χ4n) is 4.33. The van der Waals surface area contributed by atoms with Crippen LogP contribution >= 0.6 is 11.8 Å². The third-order valence-electron chi connectivity index (χ3n) is 5.89. The molecule has 1 aromatic heterocycles. The minimum Gasteiger partial charge on any atom is -0.240 e. The summed E-state index contributed by atoms with van der Waals surface area (Å²) in [4.78, 5) is 2.29. The van der Waals surface area contributed by atoms with Crippen LogP contribution in [0.25, 0.3) is 32.4 Å². The molecule has 0 saturated carbocycles. The molecular weight excluding hydrogens is 446 g/mol. The van der Waals surface area contributed by atoms with Crippen LogP contribution in [0.2, 0.25) is 0 Å². The van der Waals surface area contributed by atoms with E-state index in [-0.39, 0.29) is 4.90 Å². The Balaban J connectivity index is 1.56. The molecule has 160 valence electrons. The zero-order valence-corrected chi connectivity index (χ0v) is 19.2. The van der Waals surface area contributed by atoms with E-state index in [1.807, 2.05) is 42.5 Å². The number of para-hydroxylation sites is 1. The van der Waals surface area contributed by atoms with Gasteiger partial charge in [0, 0.05) is 21.4 Å². The van der Waals surface area contributed by atoms with Gasteiger partial charge in [-0.15, -0.1) is 0 Å². The Kier molecular flexibility index (Phi) is 4.75. The van der Waals surface area contributed by atoms with Gasteiger partial charge in [0.1, 0.15) is 0 Å². The molecule has 5 aromatic carbocycles. The molecule has 3 nitrogen and oxygen atoms in total. The fourth-order valence-corrected chi connectivity index (χ4v) is 6.94. The number of aromatic nitrogens is 1. The van der Waals surface area contributed by atoms with Gasteiger partial charge in [-0.1, -0.05) is 96.7 Å². The smallest absolute Gasteiger partial charge is 0.240 e. The number of hydrogen-bond acceptors (Lipinski definition) is 3. The SMILES string of the molecule is O=S(=O)(c1ccccc1)n1cc(Sc2cc3ccccc3c3ccccc23)c2ccccc21. The predicted molar refractivity (Wildman–Crippen MR) is 137 cm³/mol. The van der Waals surface area contributed by atoms with Gasteiger partial charge in [-0.25, -0.2) is 12.4 Å². The average molecular weight is 466 g/mol. The van der Waals surface area contributed by atoms with Crippen molar-refractivity contribution in [2.45, 2.75) is 14.7 Å². The molecule has 0 aliphatic carbocycles. The first-order valence-electron chi connectivity index (χ1n) is 10.6. The normalized spacial score (nSPS) is 12.0. The summed E-state index contributed by atoms with van der Waals surface area (Å²) in [5.41, 5.74) is 0.675. The van der Waals surface area contributed by atoms with Gasteiger partial charge >= 0.3 is 0 Å². The Hall–Kier alpha value is -3.54. The van der Waals surface area contributed by atoms with Crippen LogP contribution < -0.4 is 0 Å². The summed E-state index contributed by atoms with van der Waals surface area (Å²) in [7, 11) is -3.71. The lowest BCUT2D eigenvalue weighted by atomic mass is 10.0. The Labute approximate surface area is 196 Å². The quantitative estimate of drug-likeness (QED) is 0.256. The standard InChI is InChI=1S/C28H19NO2S2/c30-33(31,21-11-2-1-3-12-21)29-19-28(25-16-8-9-17-26(25)29)32-27-18-20-10-4-5-13-22(20)23-14-6-7-15-24(23)27/h1-19H. The van der Waals surface area contributed by atoms with E-state index in [9.17, 15) is 8.42 Å². The van der Waals surface area contributed by atoms with Crippen LogP contribution in [0.5, 0.6) is 0 Å². The van der Waals surface area contributed by atoms with E-state index in [4.69, 9.17) is 0 Å². The molecule has 0 radical (unpaired) electrons. The van der Waals surface area contributed by atoms with Gasteiger partial charge in [0.2, 0.25) is 0 Å². The molecule has 6 aromatic rings. The summed E-state index contributed by atoms with van der Waals surface area (Å²) in [5, 5.41) is 5.65. The summed E-state index contributed by atoms with van der Waals surface area (Å²) in [5.74, 6) is 0. The first-order valence-corrected chi connectivity index (χ1v) is 12.9. The van der Waals surface area contributed by atoms with Gasteiger partial charge in [0.05, 0.1) is 10.4 Å². The number of rotatable bonds is 4. The maximum absolute atomic E-state index is 13.5. The van der Waals surface area contributed by atoms with E-state index >= 15 is 0 Å². The van der Waals surface area contributed by atoms with E-state index in [1.165, 1.54) is 20.1 Å². The molecule has 0 fully saturated rings. The minimum atomic E-state index is -3.71. The Morgan fingerprint density at radius 3 is 1.97 bits per heavy atom. The second-order valence-corrected chi connectivity index (χ2v) is 10.8. The number of nitrogens with zero attached hydrogens (tertiary/aromatic N) is 1. The lowest BCUT2D eigenvalue weighted by Crippen LogP contribution is -2.11. The Morgan fingerprint density at radius 2 is 1.18 bits per heavy atom. The highest BCUT2D eigenvalue weighted by Crippen LogP contribution is 2.41. The van der Waals surface area contributed by atoms with Gasteiger partial charge in [0.25, 0.3) is 10.0 Å². The molecule has 0 atom stereocenters. The van der Waals surface area contributed by atoms with Crippen molar-refractivity contribution < 1.29 is 8.42 Å². The second kappa shape index (κ2) is 7.80. The van der Waals surface area contributed by atoms with E-state index in [1.54, 1.807) is 42.2 Å². The first kappa shape index (κ1) is 20.1. The topological polar surface area (TPSA) is 39.1 Å². The van der Waals surface area contributed by atoms with Crippen LogP contribution in [0.3, 0.4) is 0 Å². The van der Waals surface area contributed by atoms with E-state index in [2.05, 4.69) is 42.5 Å². The molecule has 0 amide bonds. The molecule has 0 unspecified atom stereocenters. The molecule has 0 spiro atoms. The van der Waals surface area contributed by atoms with Crippen LogP contribution in [0.1, 0.15) is 0 Å². The van der Waals surface area contributed by atoms with Gasteiger partial charge in [-0.2, -0.15) is 0 Å². The minimum absolute atomic E-state index is 0.276. The van der Waals surface area contributed by atoms with Crippen molar-refractivity contribution in [3.05, 3.63) is 115 Å². The molecule has 33 heavy (non-hydrogen) atoms. The molecule has 0 aliphatic heterocycles. The molecule has 0 N–H and O–H groups in total. The third-order valence-corrected chi connectivity index (χ3v) is 8.68. The molecular formula is C28H19NO2S2. The van der Waals surface area contributed by atoms with Crippen molar-refractivity contribution in [3.8, 4) is 0 Å². The fraction of sp³-hybridized carbons (Fsp3) is 0. The average Bonchev–Trinajstić information content (AvgIpc) is 3.24. The molecule has 6 rings (SSSR count). The zero-order chi connectivity index (χ0) is 22.4. The number of fused-ring (bicyclic) bond motifs is 4. The van der Waals surface area contributed by atoms with Crippen molar-refractivity contribution in [2.24, 2.45) is 0 Å². The Morgan fingerprint density at radius 1 is 0.576 bits per heavy atom. The van der Waals surface area contributed by atoms with Crippen molar-refractivity contribution in [1.82, 2.24) is 3.97 Å². The van der Waals surface area contributed by atoms with E-state index < -0.39 is 10.0 Å². The van der Waals surface area contributed by atoms with E-state index in [0.29, 0.717) is 5.52 Å². The highest BCUT2D eigenvalue weighted by molar-refractivity contribution is 8.00. The number of benzene rings is 5. The monoisotopic (exact) mass is 465 g/mol. The van der Waals surface area contributed by atoms with Crippen LogP contribution in [-0.4, -0.2) is 12.4 Å². The van der Waals surface area contributed by atoms with Crippen LogP contribution in [0, 0.1) is 0 Å². The van der Waals surface area contributed by atoms with Crippen LogP contribution in [0.4, 0.5) is 0 Å². The van der Waals surface area contributed by atoms with Crippen molar-refractivity contribution in [1.29, 1.82) is 0 Å². The summed E-state index contributed by atoms with van der Waals surface area (Å²) in [6, 6.07) is 35.2. The van der Waals surface area contributed by atoms with Gasteiger partial charge in [0.15, 0.2) is 0 Å². The lowest BCUT2D eigenvalue weighted by Gasteiger charge is -2.10. The van der Waals surface area contributed by atoms with Gasteiger partial charge in [-0.05, 0) is 45.8 Å². The number of hydrogen-bond donors (Lipinski definition) is 0. The van der Waals surface area contributed by atoms with Gasteiger partial charge in [-0.3, -0.25) is 0 Å². The van der Waals surface area contributed by atoms with Crippen molar-refractivity contribution >= 4 is 54.2 Å². The summed E-state index contributed by atoms with van der Waals surface area (Å²) in [6.45, 7) is 0. The molecule has 0 bridgehead atoms. The third kappa shape index (κ3) is 3.32. The second-order valence-electron chi connectivity index (χ2n) is 7.87. The van der Waals surface area contributed by atoms with Crippen molar-refractivity contribution in [2.75, 3.05) is 0 Å². The van der Waals surface area contributed by atoms with Gasteiger partial charge < -0.3 is 0 Å². The predicted octanol–water partition coefficient (Wildman–Crippen LogP) is 7.34. The maximum Gasteiger partial charge on any atom is 0.268 e. The Bertz CT molecular complexity index is 1750. The highest BCUT2D eigenvalue weighted by atomic mass is 32.2. The summed E-state index contributed by atoms with van der Waals surface area (Å²) >= 11 is 1.61. The highest BCUT2D eigenvalue weighted by Gasteiger charge is 2.21. The molecule has 1 heterocycles. The maximum atomic E-state index is 13.5. The van der Waals surface area contributed by atoms with Crippen LogP contribution in [0.15, 0.2) is 130 Å². The summed E-state index contributed by atoms with van der Waals surface area (Å²) in [6.07, 6.45) is 1.75. The van der Waals surface area contributed by atoms with E-state index in [0.717, 1.165) is 20.6 Å². The zero-order valence-electron chi connectivity index (χ0n) is 17.5. The van der Waals surface area contributed by atoms with Crippen LogP contribution in [-0.2, 0) is 10.0 Å². The molecule has 0 saturated heterocycles. The first-order chi connectivity index (χ1) is 16.1.